The van der Waals surface area contributed by atoms with E-state index < -0.39 is 6.04 Å². The summed E-state index contributed by atoms with van der Waals surface area (Å²) in [6, 6.07) is 13.8. The highest BCUT2D eigenvalue weighted by atomic mass is 19.1. The largest absolute Gasteiger partial charge is 0.484 e. The molecule has 2 aromatic carbocycles. The summed E-state index contributed by atoms with van der Waals surface area (Å²) in [7, 11) is 0. The maximum atomic E-state index is 13.1. The molecule has 0 bridgehead atoms. The first-order valence-corrected chi connectivity index (χ1v) is 8.61. The van der Waals surface area contributed by atoms with E-state index in [-0.39, 0.29) is 43.9 Å². The minimum Gasteiger partial charge on any atom is -0.484 e. The molecule has 0 radical (unpaired) electrons. The van der Waals surface area contributed by atoms with Crippen LogP contribution >= 0.6 is 0 Å². The highest BCUT2D eigenvalue weighted by Gasteiger charge is 2.26. The summed E-state index contributed by atoms with van der Waals surface area (Å²) in [5.41, 5.74) is 0.686. The lowest BCUT2D eigenvalue weighted by molar-refractivity contribution is -0.142. The van der Waals surface area contributed by atoms with Crippen molar-refractivity contribution in [3.63, 3.8) is 0 Å². The molecule has 0 saturated heterocycles. The zero-order valence-corrected chi connectivity index (χ0v) is 15.1. The van der Waals surface area contributed by atoms with Crippen molar-refractivity contribution >= 4 is 11.8 Å². The standard InChI is InChI=1S/C20H23FN2O4/c1-15(20(26)22-11-12-24)23(13-16-7-9-17(21)10-8-16)19(25)14-27-18-5-3-2-4-6-18/h2-10,15,24H,11-14H2,1H3,(H,22,26). The van der Waals surface area contributed by atoms with Gasteiger partial charge in [-0.3, -0.25) is 9.59 Å². The van der Waals surface area contributed by atoms with E-state index >= 15 is 0 Å². The third-order valence-electron chi connectivity index (χ3n) is 3.95. The molecule has 1 atom stereocenters. The number of ether oxygens (including phenoxy) is 1. The molecule has 2 aromatic rings. The van der Waals surface area contributed by atoms with Crippen LogP contribution in [0.1, 0.15) is 12.5 Å². The Morgan fingerprint density at radius 3 is 2.44 bits per heavy atom. The number of hydrogen-bond acceptors (Lipinski definition) is 4. The van der Waals surface area contributed by atoms with Crippen LogP contribution in [-0.4, -0.2) is 47.6 Å². The molecule has 0 heterocycles. The maximum absolute atomic E-state index is 13.1. The third kappa shape index (κ3) is 6.38. The van der Waals surface area contributed by atoms with Crippen LogP contribution in [0.3, 0.4) is 0 Å². The lowest BCUT2D eigenvalue weighted by Gasteiger charge is -2.28. The molecule has 0 saturated carbocycles. The number of hydrogen-bond donors (Lipinski definition) is 2. The fourth-order valence-electron chi connectivity index (χ4n) is 2.44. The number of para-hydroxylation sites is 1. The van der Waals surface area contributed by atoms with Crippen LogP contribution in [0.2, 0.25) is 0 Å². The molecule has 1 unspecified atom stereocenters. The molecule has 27 heavy (non-hydrogen) atoms. The lowest BCUT2D eigenvalue weighted by atomic mass is 10.1. The SMILES string of the molecule is CC(C(=O)NCCO)N(Cc1ccc(F)cc1)C(=O)COc1ccccc1. The number of carbonyl (C=O) groups is 2. The number of nitrogens with one attached hydrogen (secondary N) is 1. The number of aliphatic hydroxyl groups is 1. The molecule has 0 spiro atoms. The van der Waals surface area contributed by atoms with Gasteiger partial charge in [0.25, 0.3) is 5.91 Å². The van der Waals surface area contributed by atoms with Gasteiger partial charge in [0.15, 0.2) is 6.61 Å². The summed E-state index contributed by atoms with van der Waals surface area (Å²) in [4.78, 5) is 26.3. The van der Waals surface area contributed by atoms with Crippen LogP contribution in [-0.2, 0) is 16.1 Å². The molecule has 7 heteroatoms. The van der Waals surface area contributed by atoms with Gasteiger partial charge in [0, 0.05) is 13.1 Å². The Hall–Kier alpha value is -2.93. The highest BCUT2D eigenvalue weighted by molar-refractivity contribution is 5.87. The molecule has 6 nitrogen and oxygen atoms in total. The molecule has 0 fully saturated rings. The van der Waals surface area contributed by atoms with Gasteiger partial charge in [-0.05, 0) is 36.8 Å². The summed E-state index contributed by atoms with van der Waals surface area (Å²) in [6.45, 7) is 1.40. The lowest BCUT2D eigenvalue weighted by Crippen LogP contribution is -2.49. The molecule has 0 aromatic heterocycles. The third-order valence-corrected chi connectivity index (χ3v) is 3.95. The molecule has 0 aliphatic rings. The number of aliphatic hydroxyl groups excluding tert-OH is 1. The Labute approximate surface area is 157 Å². The first-order chi connectivity index (χ1) is 13.0. The van der Waals surface area contributed by atoms with Crippen LogP contribution in [0.15, 0.2) is 54.6 Å². The van der Waals surface area contributed by atoms with Crippen molar-refractivity contribution in [1.29, 1.82) is 0 Å². The molecular formula is C20H23FN2O4. The van der Waals surface area contributed by atoms with E-state index in [2.05, 4.69) is 5.32 Å². The van der Waals surface area contributed by atoms with E-state index in [0.717, 1.165) is 0 Å². The topological polar surface area (TPSA) is 78.9 Å². The predicted octanol–water partition coefficient (Wildman–Crippen LogP) is 1.73. The molecule has 0 aliphatic heterocycles. The van der Waals surface area contributed by atoms with Gasteiger partial charge in [-0.1, -0.05) is 30.3 Å². The molecular weight excluding hydrogens is 351 g/mol. The summed E-state index contributed by atoms with van der Waals surface area (Å²) in [6.07, 6.45) is 0. The zero-order valence-electron chi connectivity index (χ0n) is 15.1. The van der Waals surface area contributed by atoms with Gasteiger partial charge >= 0.3 is 0 Å². The van der Waals surface area contributed by atoms with Crippen LogP contribution in [0.4, 0.5) is 4.39 Å². The number of amides is 2. The van der Waals surface area contributed by atoms with Crippen LogP contribution in [0, 0.1) is 5.82 Å². The Kier molecular flexibility index (Phi) is 7.76. The Bertz CT molecular complexity index is 737. The van der Waals surface area contributed by atoms with Crippen LogP contribution in [0.5, 0.6) is 5.75 Å². The van der Waals surface area contributed by atoms with Gasteiger partial charge in [-0.2, -0.15) is 0 Å². The van der Waals surface area contributed by atoms with Gasteiger partial charge in [-0.15, -0.1) is 0 Å². The van der Waals surface area contributed by atoms with Gasteiger partial charge < -0.3 is 20.1 Å². The van der Waals surface area contributed by atoms with Crippen LogP contribution in [0.25, 0.3) is 0 Å². The average Bonchev–Trinajstić information content (AvgIpc) is 2.70. The van der Waals surface area contributed by atoms with Crippen molar-refractivity contribution in [2.75, 3.05) is 19.8 Å². The molecule has 144 valence electrons. The summed E-state index contributed by atoms with van der Waals surface area (Å²) in [5.74, 6) is -0.600. The Morgan fingerprint density at radius 1 is 1.15 bits per heavy atom. The number of rotatable bonds is 9. The minimum absolute atomic E-state index is 0.0995. The second-order valence-corrected chi connectivity index (χ2v) is 5.94. The van der Waals surface area contributed by atoms with Gasteiger partial charge in [0.2, 0.25) is 5.91 Å². The Balaban J connectivity index is 2.10. The number of nitrogens with zero attached hydrogens (tertiary/aromatic N) is 1. The second kappa shape index (κ2) is 10.3. The Morgan fingerprint density at radius 2 is 1.81 bits per heavy atom. The summed E-state index contributed by atoms with van der Waals surface area (Å²) < 4.78 is 18.6. The fraction of sp³-hybridized carbons (Fsp3) is 0.300. The van der Waals surface area contributed by atoms with E-state index in [9.17, 15) is 14.0 Å². The van der Waals surface area contributed by atoms with Crippen molar-refractivity contribution in [1.82, 2.24) is 10.2 Å². The maximum Gasteiger partial charge on any atom is 0.261 e. The van der Waals surface area contributed by atoms with Crippen molar-refractivity contribution in [2.24, 2.45) is 0 Å². The van der Waals surface area contributed by atoms with Crippen LogP contribution < -0.4 is 10.1 Å². The van der Waals surface area contributed by atoms with E-state index in [4.69, 9.17) is 9.84 Å². The van der Waals surface area contributed by atoms with E-state index in [1.807, 2.05) is 6.07 Å². The average molecular weight is 374 g/mol. The van der Waals surface area contributed by atoms with Gasteiger partial charge in [0.05, 0.1) is 6.61 Å². The number of benzene rings is 2. The smallest absolute Gasteiger partial charge is 0.261 e. The fourth-order valence-corrected chi connectivity index (χ4v) is 2.44. The first kappa shape index (κ1) is 20.4. The second-order valence-electron chi connectivity index (χ2n) is 5.94. The van der Waals surface area contributed by atoms with Crippen molar-refractivity contribution in [2.45, 2.75) is 19.5 Å². The number of carbonyl (C=O) groups excluding carboxylic acids is 2. The molecule has 2 amide bonds. The first-order valence-electron chi connectivity index (χ1n) is 8.61. The van der Waals surface area contributed by atoms with E-state index in [1.54, 1.807) is 43.3 Å². The number of halogens is 1. The molecule has 0 aliphatic carbocycles. The van der Waals surface area contributed by atoms with Gasteiger partial charge in [-0.25, -0.2) is 4.39 Å². The predicted molar refractivity (Wildman–Crippen MR) is 98.4 cm³/mol. The monoisotopic (exact) mass is 374 g/mol. The van der Waals surface area contributed by atoms with Crippen molar-refractivity contribution in [3.8, 4) is 5.75 Å². The minimum atomic E-state index is -0.784. The summed E-state index contributed by atoms with van der Waals surface area (Å²) >= 11 is 0. The normalized spacial score (nSPS) is 11.5. The highest BCUT2D eigenvalue weighted by Crippen LogP contribution is 2.13. The quantitative estimate of drug-likeness (QED) is 0.701. The van der Waals surface area contributed by atoms with Crippen molar-refractivity contribution in [3.05, 3.63) is 66.0 Å². The molecule has 2 N–H and O–H groups in total. The van der Waals surface area contributed by atoms with E-state index in [0.29, 0.717) is 11.3 Å². The molecule has 2 rings (SSSR count). The zero-order chi connectivity index (χ0) is 19.6. The van der Waals surface area contributed by atoms with Gasteiger partial charge in [0.1, 0.15) is 17.6 Å². The van der Waals surface area contributed by atoms with E-state index in [1.165, 1.54) is 17.0 Å². The summed E-state index contributed by atoms with van der Waals surface area (Å²) in [5, 5.41) is 11.4. The van der Waals surface area contributed by atoms with Crippen molar-refractivity contribution < 1.29 is 23.8 Å².